The van der Waals surface area contributed by atoms with Crippen LogP contribution in [0.1, 0.15) is 43.1 Å². The van der Waals surface area contributed by atoms with Gasteiger partial charge in [0.25, 0.3) is 0 Å². The summed E-state index contributed by atoms with van der Waals surface area (Å²) in [4.78, 5) is 10.9. The molecule has 2 N–H and O–H groups in total. The topological polar surface area (TPSA) is 108 Å². The summed E-state index contributed by atoms with van der Waals surface area (Å²) in [5, 5.41) is 19.8. The van der Waals surface area contributed by atoms with Crippen LogP contribution in [0.25, 0.3) is 17.4 Å². The lowest BCUT2D eigenvalue weighted by Crippen LogP contribution is -2.25. The molecule has 2 unspecified atom stereocenters. The molecule has 0 bridgehead atoms. The highest BCUT2D eigenvalue weighted by Gasteiger charge is 2.14. The molecular formula is C31H40O8. The van der Waals surface area contributed by atoms with Crippen molar-refractivity contribution in [3.8, 4) is 11.3 Å². The largest absolute Gasteiger partial charge is 0.491 e. The molecule has 2 aromatic rings. The molecule has 1 aliphatic carbocycles. The van der Waals surface area contributed by atoms with Crippen molar-refractivity contribution in [2.75, 3.05) is 39.6 Å². The highest BCUT2D eigenvalue weighted by Crippen LogP contribution is 2.29. The fraction of sp³-hybridized carbons (Fsp3) is 0.452. The van der Waals surface area contributed by atoms with Gasteiger partial charge < -0.3 is 33.6 Å². The Balaban J connectivity index is 1.33. The summed E-state index contributed by atoms with van der Waals surface area (Å²) in [7, 11) is 0. The van der Waals surface area contributed by atoms with E-state index in [0.717, 1.165) is 35.1 Å². The smallest absolute Gasteiger partial charge is 0.330 e. The normalized spacial score (nSPS) is 14.2. The summed E-state index contributed by atoms with van der Waals surface area (Å²) < 4.78 is 27.3. The zero-order valence-electron chi connectivity index (χ0n) is 22.7. The third kappa shape index (κ3) is 10.8. The number of fused-ring (bicyclic) bond motifs is 1. The molecule has 2 atom stereocenters. The van der Waals surface area contributed by atoms with E-state index in [1.165, 1.54) is 24.8 Å². The molecular weight excluding hydrogens is 500 g/mol. The van der Waals surface area contributed by atoms with Crippen LogP contribution >= 0.6 is 0 Å². The van der Waals surface area contributed by atoms with Gasteiger partial charge in [-0.2, -0.15) is 0 Å². The minimum atomic E-state index is -0.927. The molecule has 0 aliphatic heterocycles. The number of allylic oxidation sites excluding steroid dienone is 2. The molecule has 1 aromatic heterocycles. The van der Waals surface area contributed by atoms with Crippen molar-refractivity contribution in [2.24, 2.45) is 0 Å². The number of hydrogen-bond donors (Lipinski definition) is 2. The highest BCUT2D eigenvalue weighted by atomic mass is 16.6. The van der Waals surface area contributed by atoms with Gasteiger partial charge in [0, 0.05) is 23.6 Å². The van der Waals surface area contributed by atoms with Crippen molar-refractivity contribution in [1.82, 2.24) is 0 Å². The molecule has 0 radical (unpaired) electrons. The van der Waals surface area contributed by atoms with Crippen molar-refractivity contribution in [3.63, 3.8) is 0 Å². The number of benzene rings is 1. The second-order valence-electron chi connectivity index (χ2n) is 9.39. The SMILES string of the molecule is C=CC(=O)OCC(O)COCCOCC(O)COC1=CCc2oc(-c3ccc(CCCCC)cc3)cc2C=C1. The highest BCUT2D eigenvalue weighted by molar-refractivity contribution is 5.81. The standard InChI is InChI=1S/C31H40O8/c1-3-5-6-7-23-8-10-24(11-9-23)30-18-25-12-13-28(14-15-29(25)39-30)37-21-26(32)19-35-16-17-36-20-27(33)22-38-31(34)4-2/h4,8-14,18,26-27,32-33H,2-3,5-7,15-17,19-22H2,1H3. The van der Waals surface area contributed by atoms with Crippen LogP contribution in [0.5, 0.6) is 0 Å². The number of aliphatic hydroxyl groups excluding tert-OH is 2. The zero-order chi connectivity index (χ0) is 27.9. The fourth-order valence-corrected chi connectivity index (χ4v) is 3.92. The summed E-state index contributed by atoms with van der Waals surface area (Å²) in [6.45, 7) is 5.97. The van der Waals surface area contributed by atoms with Crippen molar-refractivity contribution in [2.45, 2.75) is 51.2 Å². The van der Waals surface area contributed by atoms with Crippen LogP contribution in [0.2, 0.25) is 0 Å². The Morgan fingerprint density at radius 2 is 1.74 bits per heavy atom. The molecule has 1 aliphatic rings. The Hall–Kier alpha value is -3.17. The van der Waals surface area contributed by atoms with Crippen LogP contribution in [-0.2, 0) is 36.6 Å². The van der Waals surface area contributed by atoms with Gasteiger partial charge in [-0.05, 0) is 42.7 Å². The van der Waals surface area contributed by atoms with Gasteiger partial charge in [0.1, 0.15) is 42.7 Å². The van der Waals surface area contributed by atoms with Crippen LogP contribution < -0.4 is 0 Å². The average Bonchev–Trinajstić information content (AvgIpc) is 3.26. The van der Waals surface area contributed by atoms with E-state index in [1.807, 2.05) is 24.3 Å². The third-order valence-corrected chi connectivity index (χ3v) is 6.08. The van der Waals surface area contributed by atoms with E-state index in [1.54, 1.807) is 0 Å². The molecule has 0 fully saturated rings. The number of carbonyl (C=O) groups is 1. The number of esters is 1. The molecule has 1 heterocycles. The van der Waals surface area contributed by atoms with Gasteiger partial charge in [0.15, 0.2) is 0 Å². The molecule has 0 saturated heterocycles. The fourth-order valence-electron chi connectivity index (χ4n) is 3.92. The van der Waals surface area contributed by atoms with Gasteiger partial charge in [0.2, 0.25) is 0 Å². The van der Waals surface area contributed by atoms with E-state index in [-0.39, 0.29) is 39.6 Å². The van der Waals surface area contributed by atoms with Gasteiger partial charge >= 0.3 is 5.97 Å². The Bertz CT molecular complexity index is 1080. The Kier molecular flexibility index (Phi) is 13.0. The molecule has 0 amide bonds. The quantitative estimate of drug-likeness (QED) is 0.160. The van der Waals surface area contributed by atoms with Crippen molar-refractivity contribution < 1.29 is 38.4 Å². The number of aryl methyl sites for hydroxylation is 1. The predicted octanol–water partition coefficient (Wildman–Crippen LogP) is 4.63. The molecule has 212 valence electrons. The minimum Gasteiger partial charge on any atom is -0.491 e. The molecule has 8 heteroatoms. The zero-order valence-corrected chi connectivity index (χ0v) is 22.7. The molecule has 39 heavy (non-hydrogen) atoms. The van der Waals surface area contributed by atoms with E-state index in [9.17, 15) is 15.0 Å². The van der Waals surface area contributed by atoms with Crippen molar-refractivity contribution in [3.05, 3.63) is 77.8 Å². The summed E-state index contributed by atoms with van der Waals surface area (Å²) in [6.07, 6.45) is 10.5. The van der Waals surface area contributed by atoms with Crippen LogP contribution in [0.4, 0.5) is 0 Å². The van der Waals surface area contributed by atoms with Gasteiger partial charge in [0.05, 0.1) is 26.4 Å². The predicted molar refractivity (Wildman–Crippen MR) is 149 cm³/mol. The van der Waals surface area contributed by atoms with Gasteiger partial charge in [-0.15, -0.1) is 0 Å². The van der Waals surface area contributed by atoms with Gasteiger partial charge in [-0.1, -0.05) is 50.6 Å². The first-order valence-electron chi connectivity index (χ1n) is 13.5. The first-order valence-corrected chi connectivity index (χ1v) is 13.5. The maximum Gasteiger partial charge on any atom is 0.330 e. The number of carbonyl (C=O) groups excluding carboxylic acids is 1. The van der Waals surface area contributed by atoms with Crippen molar-refractivity contribution in [1.29, 1.82) is 0 Å². The van der Waals surface area contributed by atoms with E-state index in [4.69, 9.17) is 23.4 Å². The van der Waals surface area contributed by atoms with E-state index < -0.39 is 18.2 Å². The first-order chi connectivity index (χ1) is 19.0. The maximum atomic E-state index is 10.9. The Morgan fingerprint density at radius 3 is 2.44 bits per heavy atom. The monoisotopic (exact) mass is 540 g/mol. The number of unbranched alkanes of at least 4 members (excludes halogenated alkanes) is 2. The van der Waals surface area contributed by atoms with Gasteiger partial charge in [-0.3, -0.25) is 0 Å². The lowest BCUT2D eigenvalue weighted by atomic mass is 10.0. The second kappa shape index (κ2) is 16.7. The maximum absolute atomic E-state index is 10.9. The lowest BCUT2D eigenvalue weighted by Gasteiger charge is -2.14. The number of aliphatic hydroxyl groups is 2. The van der Waals surface area contributed by atoms with Crippen LogP contribution in [0.3, 0.4) is 0 Å². The summed E-state index contributed by atoms with van der Waals surface area (Å²) in [6, 6.07) is 10.7. The Labute approximate surface area is 230 Å². The van der Waals surface area contributed by atoms with Crippen LogP contribution in [0.15, 0.2) is 65.3 Å². The van der Waals surface area contributed by atoms with E-state index >= 15 is 0 Å². The summed E-state index contributed by atoms with van der Waals surface area (Å²) >= 11 is 0. The molecule has 8 nitrogen and oxygen atoms in total. The number of hydrogen-bond acceptors (Lipinski definition) is 8. The number of furan rings is 1. The molecule has 0 saturated carbocycles. The second-order valence-corrected chi connectivity index (χ2v) is 9.39. The molecule has 1 aromatic carbocycles. The first kappa shape index (κ1) is 30.4. The molecule has 0 spiro atoms. The van der Waals surface area contributed by atoms with Crippen molar-refractivity contribution >= 4 is 12.0 Å². The van der Waals surface area contributed by atoms with E-state index in [0.29, 0.717) is 12.2 Å². The van der Waals surface area contributed by atoms with Crippen LogP contribution in [0, 0.1) is 0 Å². The number of ether oxygens (including phenoxy) is 4. The van der Waals surface area contributed by atoms with E-state index in [2.05, 4.69) is 37.8 Å². The lowest BCUT2D eigenvalue weighted by molar-refractivity contribution is -0.142. The van der Waals surface area contributed by atoms with Gasteiger partial charge in [-0.25, -0.2) is 4.79 Å². The van der Waals surface area contributed by atoms with Crippen LogP contribution in [-0.4, -0.2) is 68.0 Å². The average molecular weight is 541 g/mol. The Morgan fingerprint density at radius 1 is 1.03 bits per heavy atom. The summed E-state index contributed by atoms with van der Waals surface area (Å²) in [5.74, 6) is 1.79. The number of rotatable bonds is 18. The summed E-state index contributed by atoms with van der Waals surface area (Å²) in [5.41, 5.74) is 3.43. The third-order valence-electron chi connectivity index (χ3n) is 6.08. The minimum absolute atomic E-state index is 0.00372. The molecule has 3 rings (SSSR count).